The van der Waals surface area contributed by atoms with Crippen LogP contribution in [0.2, 0.25) is 0 Å². The van der Waals surface area contributed by atoms with Gasteiger partial charge < -0.3 is 20.4 Å². The Morgan fingerprint density at radius 3 is 2.57 bits per heavy atom. The number of nitrogens with zero attached hydrogens (tertiary/aromatic N) is 1. The van der Waals surface area contributed by atoms with Gasteiger partial charge in [0.15, 0.2) is 6.61 Å². The van der Waals surface area contributed by atoms with Crippen LogP contribution in [0.3, 0.4) is 0 Å². The zero-order valence-electron chi connectivity index (χ0n) is 16.7. The number of hydrogen-bond donors (Lipinski definition) is 2. The number of thiophene rings is 1. The van der Waals surface area contributed by atoms with E-state index in [0.29, 0.717) is 18.5 Å². The van der Waals surface area contributed by atoms with E-state index in [1.165, 1.54) is 4.88 Å². The number of ketones is 1. The summed E-state index contributed by atoms with van der Waals surface area (Å²) in [5, 5.41) is 4.39. The van der Waals surface area contributed by atoms with Gasteiger partial charge in [-0.05, 0) is 43.7 Å². The number of aromatic nitrogens is 1. The lowest BCUT2D eigenvalue weighted by molar-refractivity contribution is -0.145. The highest BCUT2D eigenvalue weighted by Crippen LogP contribution is 2.20. The van der Waals surface area contributed by atoms with Crippen molar-refractivity contribution in [3.05, 3.63) is 45.4 Å². The second-order valence-corrected chi connectivity index (χ2v) is 8.20. The number of rotatable bonds is 9. The number of hydrogen-bond acceptors (Lipinski definition) is 5. The molecule has 0 spiro atoms. The van der Waals surface area contributed by atoms with E-state index in [1.54, 1.807) is 11.3 Å². The minimum absolute atomic E-state index is 0.149. The zero-order valence-corrected chi connectivity index (χ0v) is 17.5. The molecule has 0 radical (unpaired) electrons. The van der Waals surface area contributed by atoms with Gasteiger partial charge in [0.1, 0.15) is 6.04 Å². The molecule has 0 saturated heterocycles. The smallest absolute Gasteiger partial charge is 0.329 e. The van der Waals surface area contributed by atoms with Crippen molar-refractivity contribution in [2.75, 3.05) is 6.61 Å². The number of Topliss-reactive ketones (excluding diaryl/α,β-unsaturated/α-hetero) is 1. The number of nitrogens with one attached hydrogen (secondary N) is 1. The summed E-state index contributed by atoms with van der Waals surface area (Å²) in [4.78, 5) is 37.2. The van der Waals surface area contributed by atoms with E-state index in [1.807, 2.05) is 51.3 Å². The first-order valence-electron chi connectivity index (χ1n) is 9.14. The number of amides is 2. The van der Waals surface area contributed by atoms with Crippen LogP contribution in [0.25, 0.3) is 0 Å². The highest BCUT2D eigenvalue weighted by atomic mass is 32.1. The largest absolute Gasteiger partial charge is 0.456 e. The van der Waals surface area contributed by atoms with Gasteiger partial charge in [0.2, 0.25) is 5.78 Å². The topological polar surface area (TPSA) is 103 Å². The van der Waals surface area contributed by atoms with E-state index in [2.05, 4.69) is 9.88 Å². The van der Waals surface area contributed by atoms with E-state index in [0.717, 1.165) is 11.4 Å². The molecule has 0 fully saturated rings. The molecule has 28 heavy (non-hydrogen) atoms. The van der Waals surface area contributed by atoms with Crippen molar-refractivity contribution >= 4 is 29.1 Å². The van der Waals surface area contributed by atoms with Crippen LogP contribution in [-0.4, -0.2) is 35.0 Å². The Balaban J connectivity index is 2.04. The molecule has 1 atom stereocenters. The summed E-state index contributed by atoms with van der Waals surface area (Å²) in [5.74, 6) is -0.786. The number of primary amides is 1. The molecule has 2 rings (SSSR count). The highest BCUT2D eigenvalue weighted by molar-refractivity contribution is 7.09. The number of carbonyl (C=O) groups is 3. The number of nitrogens with two attached hydrogens (primary N) is 1. The Bertz CT molecular complexity index is 840. The molecule has 152 valence electrons. The molecule has 2 aromatic rings. The summed E-state index contributed by atoms with van der Waals surface area (Å²) in [6.07, 6.45) is 0.380. The molecule has 0 aliphatic carbocycles. The third-order valence-corrected chi connectivity index (χ3v) is 5.28. The maximum Gasteiger partial charge on any atom is 0.329 e. The molecule has 2 heterocycles. The zero-order chi connectivity index (χ0) is 20.8. The van der Waals surface area contributed by atoms with Gasteiger partial charge in [-0.2, -0.15) is 0 Å². The fourth-order valence-electron chi connectivity index (χ4n) is 3.06. The van der Waals surface area contributed by atoms with Gasteiger partial charge >= 0.3 is 12.0 Å². The van der Waals surface area contributed by atoms with Crippen LogP contribution in [0, 0.1) is 19.8 Å². The van der Waals surface area contributed by atoms with E-state index in [9.17, 15) is 14.4 Å². The molecule has 0 aliphatic rings. The maximum absolute atomic E-state index is 12.6. The molecule has 0 saturated carbocycles. The second-order valence-electron chi connectivity index (χ2n) is 7.17. The summed E-state index contributed by atoms with van der Waals surface area (Å²) in [6, 6.07) is 4.19. The number of aryl methyl sites for hydroxylation is 1. The Hall–Kier alpha value is -2.61. The van der Waals surface area contributed by atoms with Crippen LogP contribution >= 0.6 is 11.3 Å². The molecule has 8 heteroatoms. The number of urea groups is 1. The molecule has 0 bridgehead atoms. The lowest BCUT2D eigenvalue weighted by Crippen LogP contribution is -2.45. The van der Waals surface area contributed by atoms with Gasteiger partial charge in [-0.15, -0.1) is 11.3 Å². The normalized spacial score (nSPS) is 12.0. The fraction of sp³-hybridized carbons (Fsp3) is 0.450. The fourth-order valence-corrected chi connectivity index (χ4v) is 3.75. The van der Waals surface area contributed by atoms with Gasteiger partial charge in [0.25, 0.3) is 0 Å². The van der Waals surface area contributed by atoms with Crippen LogP contribution in [0.15, 0.2) is 23.6 Å². The minimum atomic E-state index is -0.864. The van der Waals surface area contributed by atoms with Crippen molar-refractivity contribution in [3.8, 4) is 0 Å². The van der Waals surface area contributed by atoms with E-state index >= 15 is 0 Å². The molecule has 0 aliphatic heterocycles. The van der Waals surface area contributed by atoms with Crippen molar-refractivity contribution in [2.45, 2.75) is 46.7 Å². The van der Waals surface area contributed by atoms with Crippen LogP contribution in [-0.2, 0) is 16.1 Å². The summed E-state index contributed by atoms with van der Waals surface area (Å²) in [5.41, 5.74) is 7.46. The lowest BCUT2D eigenvalue weighted by atomic mass is 10.0. The van der Waals surface area contributed by atoms with E-state index < -0.39 is 18.0 Å². The molecule has 2 aromatic heterocycles. The van der Waals surface area contributed by atoms with Gasteiger partial charge in [-0.25, -0.2) is 9.59 Å². The van der Waals surface area contributed by atoms with Gasteiger partial charge in [-0.3, -0.25) is 4.79 Å². The molecule has 0 aromatic carbocycles. The molecular formula is C20H27N3O4S. The minimum Gasteiger partial charge on any atom is -0.456 e. The van der Waals surface area contributed by atoms with Crippen LogP contribution < -0.4 is 11.1 Å². The Morgan fingerprint density at radius 1 is 1.29 bits per heavy atom. The first kappa shape index (κ1) is 21.7. The summed E-state index contributed by atoms with van der Waals surface area (Å²) >= 11 is 1.66. The summed E-state index contributed by atoms with van der Waals surface area (Å²) in [7, 11) is 0. The average Bonchev–Trinajstić information content (AvgIpc) is 3.21. The molecule has 3 N–H and O–H groups in total. The van der Waals surface area contributed by atoms with Gasteiger partial charge in [-0.1, -0.05) is 19.9 Å². The predicted octanol–water partition coefficient (Wildman–Crippen LogP) is 3.02. The quantitative estimate of drug-likeness (QED) is 0.494. The monoisotopic (exact) mass is 405 g/mol. The molecule has 0 unspecified atom stereocenters. The summed E-state index contributed by atoms with van der Waals surface area (Å²) in [6.45, 7) is 7.97. The van der Waals surface area contributed by atoms with Crippen molar-refractivity contribution in [1.29, 1.82) is 0 Å². The van der Waals surface area contributed by atoms with Crippen molar-refractivity contribution < 1.29 is 19.1 Å². The Morgan fingerprint density at radius 2 is 2.00 bits per heavy atom. The third-order valence-electron chi connectivity index (χ3n) is 4.42. The van der Waals surface area contributed by atoms with Crippen LogP contribution in [0.5, 0.6) is 0 Å². The lowest BCUT2D eigenvalue weighted by Gasteiger charge is -2.18. The first-order valence-corrected chi connectivity index (χ1v) is 10.0. The molecular weight excluding hydrogens is 378 g/mol. The van der Waals surface area contributed by atoms with Crippen molar-refractivity contribution in [3.63, 3.8) is 0 Å². The molecule has 2 amide bonds. The number of esters is 1. The third kappa shape index (κ3) is 5.69. The predicted molar refractivity (Wildman–Crippen MR) is 109 cm³/mol. The SMILES string of the molecule is Cc1cc(C(=O)COC(=O)[C@@H](CC(C)C)NC(N)=O)c(C)n1Cc1cccs1. The standard InChI is InChI=1S/C20H27N3O4S/c1-12(2)8-17(22-20(21)26)19(25)27-11-18(24)16-9-13(3)23(14(16)4)10-15-6-5-7-28-15/h5-7,9,12,17H,8,10-11H2,1-4H3,(H3,21,22,26)/t17-/m1/s1. The van der Waals surface area contributed by atoms with Gasteiger partial charge in [0.05, 0.1) is 6.54 Å². The van der Waals surface area contributed by atoms with Crippen LogP contribution in [0.1, 0.15) is 46.9 Å². The Labute approximate surface area is 168 Å². The Kier molecular flexibility index (Phi) is 7.39. The van der Waals surface area contributed by atoms with Gasteiger partial charge in [0, 0.05) is 21.8 Å². The van der Waals surface area contributed by atoms with Crippen molar-refractivity contribution in [1.82, 2.24) is 9.88 Å². The maximum atomic E-state index is 12.6. The highest BCUT2D eigenvalue weighted by Gasteiger charge is 2.24. The van der Waals surface area contributed by atoms with Crippen molar-refractivity contribution in [2.24, 2.45) is 11.7 Å². The molecule has 7 nitrogen and oxygen atoms in total. The summed E-state index contributed by atoms with van der Waals surface area (Å²) < 4.78 is 7.23. The van der Waals surface area contributed by atoms with E-state index in [4.69, 9.17) is 10.5 Å². The number of ether oxygens (including phenoxy) is 1. The number of carbonyl (C=O) groups excluding carboxylic acids is 3. The van der Waals surface area contributed by atoms with Crippen LogP contribution in [0.4, 0.5) is 4.79 Å². The first-order chi connectivity index (χ1) is 13.2. The van der Waals surface area contributed by atoms with E-state index in [-0.39, 0.29) is 18.3 Å². The average molecular weight is 406 g/mol. The second kappa shape index (κ2) is 9.54.